The van der Waals surface area contributed by atoms with Crippen molar-refractivity contribution in [3.8, 4) is 0 Å². The largest absolute Gasteiger partial charge is 0.157 e. The number of hydrogen-bond donors (Lipinski definition) is 0. The highest BCUT2D eigenvalue weighted by Crippen LogP contribution is 2.16. The summed E-state index contributed by atoms with van der Waals surface area (Å²) in [5, 5.41) is 0. The Morgan fingerprint density at radius 2 is 1.11 bits per heavy atom. The zero-order chi connectivity index (χ0) is 13.3. The summed E-state index contributed by atoms with van der Waals surface area (Å²) >= 11 is 2.03. The Bertz CT molecular complexity index is 118. The molecule has 0 atom stereocenters. The number of hydrogen-bond acceptors (Lipinski definition) is 1. The maximum absolute atomic E-state index is 2.43. The van der Waals surface area contributed by atoms with Gasteiger partial charge in [0.1, 0.15) is 0 Å². The van der Waals surface area contributed by atoms with E-state index >= 15 is 0 Å². The fourth-order valence-electron chi connectivity index (χ4n) is 2.11. The molecule has 0 aromatic rings. The topological polar surface area (TPSA) is 0 Å². The van der Waals surface area contributed by atoms with E-state index in [1.165, 1.54) is 89.2 Å². The van der Waals surface area contributed by atoms with Crippen LogP contribution in [0.1, 0.15) is 97.3 Å². The fraction of sp³-hybridized carbons (Fsp3) is 0.941. The molecule has 0 aromatic carbocycles. The highest BCUT2D eigenvalue weighted by molar-refractivity contribution is 8.01. The van der Waals surface area contributed by atoms with E-state index in [-0.39, 0.29) is 0 Å². The second-order valence-electron chi connectivity index (χ2n) is 5.36. The quantitative estimate of drug-likeness (QED) is 0.289. The van der Waals surface area contributed by atoms with Gasteiger partial charge in [0.2, 0.25) is 0 Å². The van der Waals surface area contributed by atoms with Crippen molar-refractivity contribution in [3.63, 3.8) is 0 Å². The molecule has 1 heteroatoms. The van der Waals surface area contributed by atoms with Gasteiger partial charge in [0.15, 0.2) is 0 Å². The van der Waals surface area contributed by atoms with Crippen molar-refractivity contribution in [2.75, 3.05) is 5.75 Å². The van der Waals surface area contributed by atoms with Crippen molar-refractivity contribution in [1.82, 2.24) is 0 Å². The van der Waals surface area contributed by atoms with E-state index in [1.54, 1.807) is 0 Å². The zero-order valence-corrected chi connectivity index (χ0v) is 13.7. The smallest absolute Gasteiger partial charge is 0.0166 e. The molecular formula is C17H35S. The first-order chi connectivity index (χ1) is 8.91. The number of rotatable bonds is 15. The summed E-state index contributed by atoms with van der Waals surface area (Å²) in [5.74, 6) is 3.76. The third-order valence-corrected chi connectivity index (χ3v) is 4.40. The van der Waals surface area contributed by atoms with Crippen LogP contribution in [0, 0.1) is 5.75 Å². The molecule has 0 aliphatic heterocycles. The van der Waals surface area contributed by atoms with Gasteiger partial charge in [-0.05, 0) is 18.6 Å². The fourth-order valence-corrected chi connectivity index (χ4v) is 3.06. The van der Waals surface area contributed by atoms with Gasteiger partial charge in [-0.15, -0.1) is 0 Å². The summed E-state index contributed by atoms with van der Waals surface area (Å²) in [6.07, 6.45) is 18.5. The van der Waals surface area contributed by atoms with Gasteiger partial charge in [-0.1, -0.05) is 84.5 Å². The summed E-state index contributed by atoms with van der Waals surface area (Å²) in [4.78, 5) is 0. The predicted octanol–water partition coefficient (Wildman–Crippen LogP) is 6.99. The Hall–Kier alpha value is 0.350. The molecule has 0 spiro atoms. The molecule has 18 heavy (non-hydrogen) atoms. The van der Waals surface area contributed by atoms with Gasteiger partial charge in [-0.3, -0.25) is 0 Å². The molecule has 0 amide bonds. The van der Waals surface area contributed by atoms with Crippen molar-refractivity contribution in [2.45, 2.75) is 97.3 Å². The Labute approximate surface area is 121 Å². The molecule has 0 bridgehead atoms. The lowest BCUT2D eigenvalue weighted by Crippen LogP contribution is -1.82. The Morgan fingerprint density at radius 1 is 0.611 bits per heavy atom. The highest BCUT2D eigenvalue weighted by atomic mass is 32.2. The van der Waals surface area contributed by atoms with E-state index in [1.807, 2.05) is 11.8 Å². The van der Waals surface area contributed by atoms with Crippen LogP contribution in [0.15, 0.2) is 0 Å². The van der Waals surface area contributed by atoms with Crippen LogP contribution in [-0.2, 0) is 0 Å². The molecule has 0 rings (SSSR count). The Balaban J connectivity index is 2.86. The summed E-state index contributed by atoms with van der Waals surface area (Å²) in [5.41, 5.74) is 0. The van der Waals surface area contributed by atoms with Gasteiger partial charge in [-0.2, -0.15) is 11.8 Å². The van der Waals surface area contributed by atoms with E-state index in [2.05, 4.69) is 19.6 Å². The second kappa shape index (κ2) is 17.4. The lowest BCUT2D eigenvalue weighted by molar-refractivity contribution is 0.557. The molecule has 0 aliphatic rings. The van der Waals surface area contributed by atoms with Crippen LogP contribution in [0.5, 0.6) is 0 Å². The van der Waals surface area contributed by atoms with Crippen molar-refractivity contribution in [1.29, 1.82) is 0 Å². The van der Waals surface area contributed by atoms with Crippen molar-refractivity contribution in [2.24, 2.45) is 0 Å². The minimum absolute atomic E-state index is 1.32. The zero-order valence-electron chi connectivity index (χ0n) is 12.9. The third-order valence-electron chi connectivity index (χ3n) is 3.41. The van der Waals surface area contributed by atoms with Crippen LogP contribution >= 0.6 is 11.8 Å². The van der Waals surface area contributed by atoms with Crippen molar-refractivity contribution < 1.29 is 0 Å². The van der Waals surface area contributed by atoms with E-state index in [0.717, 1.165) is 0 Å². The van der Waals surface area contributed by atoms with E-state index < -0.39 is 0 Å². The van der Waals surface area contributed by atoms with Crippen LogP contribution in [0.2, 0.25) is 0 Å². The van der Waals surface area contributed by atoms with Crippen LogP contribution < -0.4 is 0 Å². The first-order valence-corrected chi connectivity index (χ1v) is 9.40. The van der Waals surface area contributed by atoms with Crippen LogP contribution in [0.3, 0.4) is 0 Å². The average molecular weight is 272 g/mol. The van der Waals surface area contributed by atoms with E-state index in [9.17, 15) is 0 Å². The molecule has 0 saturated heterocycles. The van der Waals surface area contributed by atoms with Gasteiger partial charge >= 0.3 is 0 Å². The van der Waals surface area contributed by atoms with Crippen LogP contribution in [0.4, 0.5) is 0 Å². The maximum Gasteiger partial charge on any atom is 0.0166 e. The molecule has 1 radical (unpaired) electrons. The lowest BCUT2D eigenvalue weighted by Gasteiger charge is -2.02. The van der Waals surface area contributed by atoms with E-state index in [0.29, 0.717) is 0 Å². The van der Waals surface area contributed by atoms with Gasteiger partial charge < -0.3 is 0 Å². The summed E-state index contributed by atoms with van der Waals surface area (Å²) < 4.78 is 0. The minimum Gasteiger partial charge on any atom is -0.157 e. The van der Waals surface area contributed by atoms with Crippen molar-refractivity contribution >= 4 is 11.8 Å². The van der Waals surface area contributed by atoms with E-state index in [4.69, 9.17) is 0 Å². The second-order valence-corrected chi connectivity index (χ2v) is 6.44. The summed E-state index contributed by atoms with van der Waals surface area (Å²) in [6.45, 7) is 4.56. The summed E-state index contributed by atoms with van der Waals surface area (Å²) in [6, 6.07) is 0. The molecule has 0 aliphatic carbocycles. The monoisotopic (exact) mass is 271 g/mol. The molecule has 0 heterocycles. The lowest BCUT2D eigenvalue weighted by atomic mass is 10.1. The molecular weight excluding hydrogens is 236 g/mol. The third kappa shape index (κ3) is 16.4. The average Bonchev–Trinajstić information content (AvgIpc) is 2.39. The SMILES string of the molecule is CCCCCCCCCCCC[CH]SCCCC. The minimum atomic E-state index is 1.32. The normalized spacial score (nSPS) is 11.0. The van der Waals surface area contributed by atoms with Gasteiger partial charge in [0, 0.05) is 5.75 Å². The van der Waals surface area contributed by atoms with Crippen LogP contribution in [-0.4, -0.2) is 5.75 Å². The van der Waals surface area contributed by atoms with Gasteiger partial charge in [0.05, 0.1) is 0 Å². The highest BCUT2D eigenvalue weighted by Gasteiger charge is 1.93. The molecule has 0 fully saturated rings. The number of unbranched alkanes of at least 4 members (excludes halogenated alkanes) is 11. The van der Waals surface area contributed by atoms with Crippen LogP contribution in [0.25, 0.3) is 0 Å². The molecule has 0 aromatic heterocycles. The molecule has 0 unspecified atom stereocenters. The number of thioether (sulfide) groups is 1. The van der Waals surface area contributed by atoms with Crippen molar-refractivity contribution in [3.05, 3.63) is 5.75 Å². The Morgan fingerprint density at radius 3 is 1.67 bits per heavy atom. The summed E-state index contributed by atoms with van der Waals surface area (Å²) in [7, 11) is 0. The van der Waals surface area contributed by atoms with Gasteiger partial charge in [-0.25, -0.2) is 0 Å². The predicted molar refractivity (Wildman–Crippen MR) is 88.1 cm³/mol. The molecule has 0 N–H and O–H groups in total. The first-order valence-electron chi connectivity index (χ1n) is 8.35. The van der Waals surface area contributed by atoms with Gasteiger partial charge in [0.25, 0.3) is 0 Å². The molecule has 109 valence electrons. The molecule has 0 nitrogen and oxygen atoms in total. The first kappa shape index (κ1) is 18.4. The standard InChI is InChI=1S/C17H35S/c1-3-5-7-8-9-10-11-12-13-14-15-17-18-16-6-4-2/h17H,3-16H2,1-2H3. The maximum atomic E-state index is 2.43. The Kier molecular flexibility index (Phi) is 17.7. The molecule has 0 saturated carbocycles.